The van der Waals surface area contributed by atoms with Crippen molar-refractivity contribution in [3.63, 3.8) is 0 Å². The number of unbranched alkanes of at least 4 members (excludes halogenated alkanes) is 15. The van der Waals surface area contributed by atoms with Crippen molar-refractivity contribution in [2.75, 3.05) is 0 Å². The topological polar surface area (TPSA) is 118 Å². The Morgan fingerprint density at radius 1 is 0.471 bits per heavy atom. The molecular weight excluding hydrogens is 432 g/mol. The average Bonchev–Trinajstić information content (AvgIpc) is 2.81. The van der Waals surface area contributed by atoms with Gasteiger partial charge >= 0.3 is 5.97 Å². The van der Waals surface area contributed by atoms with Gasteiger partial charge in [0.15, 0.2) is 0 Å². The van der Waals surface area contributed by atoms with Crippen LogP contribution in [0.25, 0.3) is 0 Å². The maximum absolute atomic E-state index is 10.5. The number of hydrogen-bond donors (Lipinski definition) is 5. The number of carbonyl (C=O) groups is 1. The van der Waals surface area contributed by atoms with Crippen LogP contribution in [-0.2, 0) is 4.79 Å². The summed E-state index contributed by atoms with van der Waals surface area (Å²) in [6, 6.07) is 0. The Bertz CT molecular complexity index is 445. The molecule has 204 valence electrons. The maximum Gasteiger partial charge on any atom is 0.303 e. The Kier molecular flexibility index (Phi) is 23.5. The van der Waals surface area contributed by atoms with Crippen molar-refractivity contribution < 1.29 is 30.3 Å². The Morgan fingerprint density at radius 2 is 0.765 bits per heavy atom. The summed E-state index contributed by atoms with van der Waals surface area (Å²) in [7, 11) is 0. The van der Waals surface area contributed by atoms with Gasteiger partial charge in [0.1, 0.15) is 0 Å². The van der Waals surface area contributed by atoms with Gasteiger partial charge in [-0.15, -0.1) is 0 Å². The first-order valence-corrected chi connectivity index (χ1v) is 14.3. The quantitative estimate of drug-likeness (QED) is 0.0937. The smallest absolute Gasteiger partial charge is 0.303 e. The zero-order valence-electron chi connectivity index (χ0n) is 22.0. The molecule has 0 aromatic heterocycles. The molecule has 0 amide bonds. The number of hydrogen-bond acceptors (Lipinski definition) is 5. The molecule has 0 aliphatic carbocycles. The van der Waals surface area contributed by atoms with E-state index >= 15 is 0 Å². The SMILES string of the molecule is CCCCCCCCCCCCC[C@H](O)[C@H](O)CC[C@@H](O)[C@@H](O)CCCCCCCCC(=O)O. The van der Waals surface area contributed by atoms with Crippen molar-refractivity contribution >= 4 is 5.97 Å². The van der Waals surface area contributed by atoms with Gasteiger partial charge in [-0.05, 0) is 32.1 Å². The Hall–Kier alpha value is -0.690. The van der Waals surface area contributed by atoms with Gasteiger partial charge in [0.2, 0.25) is 0 Å². The van der Waals surface area contributed by atoms with Crippen LogP contribution in [0.2, 0.25) is 0 Å². The van der Waals surface area contributed by atoms with Crippen molar-refractivity contribution in [2.45, 2.75) is 173 Å². The molecule has 0 radical (unpaired) electrons. The highest BCUT2D eigenvalue weighted by Gasteiger charge is 2.21. The summed E-state index contributed by atoms with van der Waals surface area (Å²) in [5.74, 6) is -0.746. The molecular formula is C28H56O6. The molecule has 0 spiro atoms. The molecule has 0 rings (SSSR count). The zero-order chi connectivity index (χ0) is 25.4. The fourth-order valence-electron chi connectivity index (χ4n) is 4.47. The summed E-state index contributed by atoms with van der Waals surface area (Å²) in [6.45, 7) is 2.24. The van der Waals surface area contributed by atoms with Crippen LogP contribution in [0.5, 0.6) is 0 Å². The van der Waals surface area contributed by atoms with Gasteiger partial charge in [0, 0.05) is 6.42 Å². The van der Waals surface area contributed by atoms with Gasteiger partial charge in [-0.2, -0.15) is 0 Å². The second kappa shape index (κ2) is 24.0. The molecule has 0 aromatic carbocycles. The van der Waals surface area contributed by atoms with Crippen LogP contribution in [0.1, 0.15) is 148 Å². The van der Waals surface area contributed by atoms with Crippen molar-refractivity contribution in [3.05, 3.63) is 0 Å². The average molecular weight is 489 g/mol. The second-order valence-corrected chi connectivity index (χ2v) is 10.2. The van der Waals surface area contributed by atoms with Crippen LogP contribution >= 0.6 is 0 Å². The molecule has 6 nitrogen and oxygen atoms in total. The van der Waals surface area contributed by atoms with E-state index in [1.165, 1.54) is 57.8 Å². The number of aliphatic hydroxyl groups is 4. The highest BCUT2D eigenvalue weighted by atomic mass is 16.4. The predicted molar refractivity (Wildman–Crippen MR) is 139 cm³/mol. The minimum absolute atomic E-state index is 0.227. The van der Waals surface area contributed by atoms with E-state index in [9.17, 15) is 25.2 Å². The first-order chi connectivity index (χ1) is 16.4. The molecule has 5 N–H and O–H groups in total. The van der Waals surface area contributed by atoms with Crippen LogP contribution in [0.3, 0.4) is 0 Å². The summed E-state index contributed by atoms with van der Waals surface area (Å²) in [4.78, 5) is 10.5. The number of rotatable bonds is 26. The van der Waals surface area contributed by atoms with E-state index in [0.29, 0.717) is 25.7 Å². The third-order valence-electron chi connectivity index (χ3n) is 6.89. The van der Waals surface area contributed by atoms with Crippen molar-refractivity contribution in [3.8, 4) is 0 Å². The molecule has 0 heterocycles. The highest BCUT2D eigenvalue weighted by molar-refractivity contribution is 5.66. The molecule has 0 saturated carbocycles. The lowest BCUT2D eigenvalue weighted by atomic mass is 9.96. The summed E-state index contributed by atoms with van der Waals surface area (Å²) in [5.41, 5.74) is 0. The van der Waals surface area contributed by atoms with Gasteiger partial charge in [-0.3, -0.25) is 4.79 Å². The van der Waals surface area contributed by atoms with Gasteiger partial charge in [0.05, 0.1) is 24.4 Å². The minimum atomic E-state index is -0.876. The molecule has 0 saturated heterocycles. The molecule has 34 heavy (non-hydrogen) atoms. The molecule has 0 aliphatic rings. The van der Waals surface area contributed by atoms with Crippen LogP contribution in [-0.4, -0.2) is 55.9 Å². The number of aliphatic carboxylic acids is 1. The third-order valence-corrected chi connectivity index (χ3v) is 6.89. The van der Waals surface area contributed by atoms with Gasteiger partial charge in [-0.1, -0.05) is 110 Å². The minimum Gasteiger partial charge on any atom is -0.481 e. The van der Waals surface area contributed by atoms with Gasteiger partial charge in [-0.25, -0.2) is 0 Å². The van der Waals surface area contributed by atoms with Crippen LogP contribution < -0.4 is 0 Å². The molecule has 6 heteroatoms. The summed E-state index contributed by atoms with van der Waals surface area (Å²) >= 11 is 0. The van der Waals surface area contributed by atoms with E-state index < -0.39 is 30.4 Å². The molecule has 4 atom stereocenters. The normalized spacial score (nSPS) is 15.2. The monoisotopic (exact) mass is 488 g/mol. The Morgan fingerprint density at radius 3 is 1.12 bits per heavy atom. The lowest BCUT2D eigenvalue weighted by Gasteiger charge is -2.22. The third kappa shape index (κ3) is 21.8. The van der Waals surface area contributed by atoms with Crippen molar-refractivity contribution in [2.24, 2.45) is 0 Å². The standard InChI is InChI=1S/C28H56O6/c1-2-3-4-5-6-7-8-9-10-13-16-19-24(29)26(31)22-23-27(32)25(30)20-17-14-11-12-15-18-21-28(33)34/h24-27,29-32H,2-23H2,1H3,(H,33,34)/t24-,25-,26+,27+/m0/s1. The molecule has 0 unspecified atom stereocenters. The highest BCUT2D eigenvalue weighted by Crippen LogP contribution is 2.17. The van der Waals surface area contributed by atoms with Crippen LogP contribution in [0.4, 0.5) is 0 Å². The van der Waals surface area contributed by atoms with Crippen molar-refractivity contribution in [1.29, 1.82) is 0 Å². The van der Waals surface area contributed by atoms with E-state index in [4.69, 9.17) is 5.11 Å². The predicted octanol–water partition coefficient (Wildman–Crippen LogP) is 6.12. The van der Waals surface area contributed by atoms with Crippen LogP contribution in [0, 0.1) is 0 Å². The molecule has 0 fully saturated rings. The van der Waals surface area contributed by atoms with E-state index in [2.05, 4.69) is 6.92 Å². The number of aliphatic hydroxyl groups excluding tert-OH is 4. The summed E-state index contributed by atoms with van der Waals surface area (Å²) in [6.07, 6.45) is 17.8. The first-order valence-electron chi connectivity index (χ1n) is 14.3. The van der Waals surface area contributed by atoms with E-state index in [1.54, 1.807) is 0 Å². The largest absolute Gasteiger partial charge is 0.481 e. The Balaban J connectivity index is 3.61. The Labute approximate surface area is 209 Å². The first kappa shape index (κ1) is 33.3. The molecule has 0 aliphatic heterocycles. The van der Waals surface area contributed by atoms with E-state index in [0.717, 1.165) is 44.9 Å². The van der Waals surface area contributed by atoms with E-state index in [1.807, 2.05) is 0 Å². The number of carboxylic acid groups (broad SMARTS) is 1. The van der Waals surface area contributed by atoms with Gasteiger partial charge in [0.25, 0.3) is 0 Å². The summed E-state index contributed by atoms with van der Waals surface area (Å²) in [5, 5.41) is 49.2. The molecule has 0 aromatic rings. The zero-order valence-corrected chi connectivity index (χ0v) is 22.0. The molecule has 0 bridgehead atoms. The van der Waals surface area contributed by atoms with Crippen LogP contribution in [0.15, 0.2) is 0 Å². The maximum atomic E-state index is 10.5. The van der Waals surface area contributed by atoms with E-state index in [-0.39, 0.29) is 12.8 Å². The lowest BCUT2D eigenvalue weighted by molar-refractivity contribution is -0.137. The summed E-state index contributed by atoms with van der Waals surface area (Å²) < 4.78 is 0. The fourth-order valence-corrected chi connectivity index (χ4v) is 4.47. The second-order valence-electron chi connectivity index (χ2n) is 10.2. The number of carboxylic acids is 1. The lowest BCUT2D eigenvalue weighted by Crippen LogP contribution is -2.31. The van der Waals surface area contributed by atoms with Gasteiger partial charge < -0.3 is 25.5 Å². The fraction of sp³-hybridized carbons (Fsp3) is 0.964. The van der Waals surface area contributed by atoms with Crippen molar-refractivity contribution in [1.82, 2.24) is 0 Å².